The summed E-state index contributed by atoms with van der Waals surface area (Å²) in [5.41, 5.74) is 0.971. The molecule has 1 aromatic carbocycles. The molecule has 2 unspecified atom stereocenters. The van der Waals surface area contributed by atoms with E-state index in [0.717, 1.165) is 12.1 Å². The summed E-state index contributed by atoms with van der Waals surface area (Å²) in [6, 6.07) is 8.25. The monoisotopic (exact) mass is 273 g/mol. The second-order valence-electron chi connectivity index (χ2n) is 4.94. The first-order valence-corrected chi connectivity index (χ1v) is 6.65. The van der Waals surface area contributed by atoms with Crippen LogP contribution in [0.15, 0.2) is 42.7 Å². The van der Waals surface area contributed by atoms with E-state index in [9.17, 15) is 4.39 Å². The predicted octanol–water partition coefficient (Wildman–Crippen LogP) is 2.58. The molecule has 0 saturated carbocycles. The average Bonchev–Trinajstić information content (AvgIpc) is 2.48. The normalized spacial score (nSPS) is 22.8. The van der Waals surface area contributed by atoms with Crippen molar-refractivity contribution >= 4 is 5.95 Å². The number of hydrogen-bond acceptors (Lipinski definition) is 4. The number of anilines is 1. The summed E-state index contributed by atoms with van der Waals surface area (Å²) in [6.45, 7) is 3.44. The maximum atomic E-state index is 13.0. The van der Waals surface area contributed by atoms with Crippen LogP contribution >= 0.6 is 0 Å². The zero-order valence-electron chi connectivity index (χ0n) is 11.2. The molecular weight excluding hydrogens is 257 g/mol. The van der Waals surface area contributed by atoms with Crippen molar-refractivity contribution in [1.29, 1.82) is 0 Å². The Bertz CT molecular complexity index is 561. The minimum Gasteiger partial charge on any atom is -0.367 e. The third kappa shape index (κ3) is 2.77. The Morgan fingerprint density at radius 3 is 2.55 bits per heavy atom. The molecule has 4 nitrogen and oxygen atoms in total. The molecule has 0 amide bonds. The van der Waals surface area contributed by atoms with Gasteiger partial charge < -0.3 is 9.64 Å². The van der Waals surface area contributed by atoms with Gasteiger partial charge in [-0.2, -0.15) is 0 Å². The van der Waals surface area contributed by atoms with Gasteiger partial charge in [-0.25, -0.2) is 14.4 Å². The van der Waals surface area contributed by atoms with Gasteiger partial charge in [-0.3, -0.25) is 0 Å². The Kier molecular flexibility index (Phi) is 3.60. The Morgan fingerprint density at radius 1 is 1.15 bits per heavy atom. The summed E-state index contributed by atoms with van der Waals surface area (Å²) in [4.78, 5) is 10.7. The SMILES string of the molecule is CC1CN(c2ncccn2)CC(c2ccc(F)cc2)O1. The first-order chi connectivity index (χ1) is 9.72. The van der Waals surface area contributed by atoms with Gasteiger partial charge in [0.15, 0.2) is 0 Å². The number of benzene rings is 1. The molecule has 20 heavy (non-hydrogen) atoms. The van der Waals surface area contributed by atoms with Crippen molar-refractivity contribution in [3.63, 3.8) is 0 Å². The second kappa shape index (κ2) is 5.54. The van der Waals surface area contributed by atoms with Gasteiger partial charge in [0.1, 0.15) is 11.9 Å². The van der Waals surface area contributed by atoms with E-state index >= 15 is 0 Å². The molecule has 1 aliphatic heterocycles. The standard InChI is InChI=1S/C15H16FN3O/c1-11-9-19(15-17-7-2-8-18-15)10-14(20-11)12-3-5-13(16)6-4-12/h2-8,11,14H,9-10H2,1H3. The topological polar surface area (TPSA) is 38.2 Å². The van der Waals surface area contributed by atoms with Gasteiger partial charge in [0.2, 0.25) is 5.95 Å². The van der Waals surface area contributed by atoms with E-state index in [1.165, 1.54) is 12.1 Å². The summed E-state index contributed by atoms with van der Waals surface area (Å²) in [5, 5.41) is 0. The number of hydrogen-bond donors (Lipinski definition) is 0. The van der Waals surface area contributed by atoms with Crippen LogP contribution in [-0.2, 0) is 4.74 Å². The Balaban J connectivity index is 1.81. The molecule has 3 rings (SSSR count). The number of halogens is 1. The van der Waals surface area contributed by atoms with Crippen molar-refractivity contribution < 1.29 is 9.13 Å². The van der Waals surface area contributed by atoms with Crippen LogP contribution < -0.4 is 4.90 Å². The van der Waals surface area contributed by atoms with Gasteiger partial charge in [-0.15, -0.1) is 0 Å². The van der Waals surface area contributed by atoms with Gasteiger partial charge in [0.05, 0.1) is 12.6 Å². The predicted molar refractivity (Wildman–Crippen MR) is 73.9 cm³/mol. The lowest BCUT2D eigenvalue weighted by Gasteiger charge is -2.37. The first kappa shape index (κ1) is 13.0. The Hall–Kier alpha value is -2.01. The lowest BCUT2D eigenvalue weighted by molar-refractivity contribution is -0.0178. The molecule has 0 N–H and O–H groups in total. The highest BCUT2D eigenvalue weighted by Gasteiger charge is 2.27. The third-order valence-corrected chi connectivity index (χ3v) is 3.34. The van der Waals surface area contributed by atoms with E-state index in [1.54, 1.807) is 30.6 Å². The molecule has 1 saturated heterocycles. The van der Waals surface area contributed by atoms with E-state index < -0.39 is 0 Å². The fourth-order valence-electron chi connectivity index (χ4n) is 2.43. The van der Waals surface area contributed by atoms with Crippen LogP contribution in [0.3, 0.4) is 0 Å². The van der Waals surface area contributed by atoms with Crippen LogP contribution in [0, 0.1) is 5.82 Å². The summed E-state index contributed by atoms with van der Waals surface area (Å²) in [5.74, 6) is 0.468. The number of morpholine rings is 1. The van der Waals surface area contributed by atoms with E-state index in [4.69, 9.17) is 4.74 Å². The van der Waals surface area contributed by atoms with Crippen LogP contribution in [0.4, 0.5) is 10.3 Å². The maximum Gasteiger partial charge on any atom is 0.225 e. The van der Waals surface area contributed by atoms with Crippen molar-refractivity contribution in [2.45, 2.75) is 19.1 Å². The fourth-order valence-corrected chi connectivity index (χ4v) is 2.43. The van der Waals surface area contributed by atoms with Crippen molar-refractivity contribution in [2.75, 3.05) is 18.0 Å². The van der Waals surface area contributed by atoms with E-state index in [1.807, 2.05) is 6.92 Å². The molecule has 2 atom stereocenters. The average molecular weight is 273 g/mol. The molecule has 1 fully saturated rings. The van der Waals surface area contributed by atoms with Crippen molar-refractivity contribution in [2.24, 2.45) is 0 Å². The number of aromatic nitrogens is 2. The maximum absolute atomic E-state index is 13.0. The molecule has 0 radical (unpaired) electrons. The van der Waals surface area contributed by atoms with Crippen LogP contribution in [0.25, 0.3) is 0 Å². The van der Waals surface area contributed by atoms with Gasteiger partial charge in [0.25, 0.3) is 0 Å². The number of ether oxygens (including phenoxy) is 1. The molecule has 2 aromatic rings. The zero-order chi connectivity index (χ0) is 13.9. The highest BCUT2D eigenvalue weighted by molar-refractivity contribution is 5.32. The Labute approximate surface area is 117 Å². The molecule has 0 spiro atoms. The molecule has 0 bridgehead atoms. The smallest absolute Gasteiger partial charge is 0.225 e. The summed E-state index contributed by atoms with van der Waals surface area (Å²) >= 11 is 0. The molecule has 104 valence electrons. The summed E-state index contributed by atoms with van der Waals surface area (Å²) < 4.78 is 18.9. The number of nitrogens with zero attached hydrogens (tertiary/aromatic N) is 3. The van der Waals surface area contributed by atoms with Gasteiger partial charge in [-0.05, 0) is 30.7 Å². The lowest BCUT2D eigenvalue weighted by atomic mass is 10.1. The van der Waals surface area contributed by atoms with Crippen LogP contribution in [0.2, 0.25) is 0 Å². The second-order valence-corrected chi connectivity index (χ2v) is 4.94. The van der Waals surface area contributed by atoms with Crippen molar-refractivity contribution in [3.8, 4) is 0 Å². The van der Waals surface area contributed by atoms with Crippen molar-refractivity contribution in [3.05, 3.63) is 54.1 Å². The largest absolute Gasteiger partial charge is 0.367 e. The third-order valence-electron chi connectivity index (χ3n) is 3.34. The molecule has 1 aromatic heterocycles. The quantitative estimate of drug-likeness (QED) is 0.843. The summed E-state index contributed by atoms with van der Waals surface area (Å²) in [6.07, 6.45) is 3.44. The molecule has 1 aliphatic rings. The molecule has 0 aliphatic carbocycles. The summed E-state index contributed by atoms with van der Waals surface area (Å²) in [7, 11) is 0. The van der Waals surface area contributed by atoms with Gasteiger partial charge in [-0.1, -0.05) is 12.1 Å². The van der Waals surface area contributed by atoms with Crippen molar-refractivity contribution in [1.82, 2.24) is 9.97 Å². The van der Waals surface area contributed by atoms with Crippen LogP contribution in [-0.4, -0.2) is 29.2 Å². The number of rotatable bonds is 2. The van der Waals surface area contributed by atoms with Crippen LogP contribution in [0.1, 0.15) is 18.6 Å². The molecule has 2 heterocycles. The highest BCUT2D eigenvalue weighted by Crippen LogP contribution is 2.27. The van der Waals surface area contributed by atoms with Crippen LogP contribution in [0.5, 0.6) is 0 Å². The van der Waals surface area contributed by atoms with Gasteiger partial charge >= 0.3 is 0 Å². The highest BCUT2D eigenvalue weighted by atomic mass is 19.1. The van der Waals surface area contributed by atoms with E-state index in [-0.39, 0.29) is 18.0 Å². The molecule has 5 heteroatoms. The van der Waals surface area contributed by atoms with E-state index in [2.05, 4.69) is 14.9 Å². The minimum atomic E-state index is -0.235. The zero-order valence-corrected chi connectivity index (χ0v) is 11.2. The minimum absolute atomic E-state index is 0.0719. The van der Waals surface area contributed by atoms with Gasteiger partial charge in [0, 0.05) is 18.9 Å². The lowest BCUT2D eigenvalue weighted by Crippen LogP contribution is -2.43. The Morgan fingerprint density at radius 2 is 1.85 bits per heavy atom. The first-order valence-electron chi connectivity index (χ1n) is 6.65. The fraction of sp³-hybridized carbons (Fsp3) is 0.333. The molecular formula is C15H16FN3O. The van der Waals surface area contributed by atoms with E-state index in [0.29, 0.717) is 12.5 Å².